The molecule has 0 aliphatic rings. The van der Waals surface area contributed by atoms with E-state index in [-0.39, 0.29) is 5.68 Å². The van der Waals surface area contributed by atoms with E-state index in [4.69, 9.17) is 0 Å². The minimum atomic E-state index is 0.108. The lowest BCUT2D eigenvalue weighted by atomic mass is 9.57. The third-order valence-corrected chi connectivity index (χ3v) is 3.96. The van der Waals surface area contributed by atoms with Gasteiger partial charge in [0.2, 0.25) is 7.28 Å². The summed E-state index contributed by atoms with van der Waals surface area (Å²) in [7, 11) is 1.91. The summed E-state index contributed by atoms with van der Waals surface area (Å²) in [5.74, 6) is 0.476. The molecule has 2 heteroatoms. The topological polar surface area (TPSA) is 17.1 Å². The second-order valence-corrected chi connectivity index (χ2v) is 5.94. The largest absolute Gasteiger partial charge is 0.307 e. The number of allylic oxidation sites excluding steroid dienone is 1. The van der Waals surface area contributed by atoms with Gasteiger partial charge in [-0.05, 0) is 6.08 Å². The van der Waals surface area contributed by atoms with Crippen molar-refractivity contribution >= 4 is 13.0 Å². The van der Waals surface area contributed by atoms with Gasteiger partial charge in [-0.15, -0.1) is 0 Å². The number of hydrogen-bond acceptors (Lipinski definition) is 1. The lowest BCUT2D eigenvalue weighted by Gasteiger charge is -2.14. The molecule has 0 unspecified atom stereocenters. The SMILES string of the molecule is C=CC(=O)[B]C(CCCCCCC)CCCCCCC. The number of unbranched alkanes of at least 4 members (excludes halogenated alkanes) is 8. The lowest BCUT2D eigenvalue weighted by molar-refractivity contribution is -0.108. The molecule has 0 aliphatic heterocycles. The van der Waals surface area contributed by atoms with Crippen molar-refractivity contribution < 1.29 is 4.79 Å². The summed E-state index contributed by atoms with van der Waals surface area (Å²) < 4.78 is 0. The molecule has 0 aromatic carbocycles. The van der Waals surface area contributed by atoms with Gasteiger partial charge in [-0.3, -0.25) is 0 Å². The van der Waals surface area contributed by atoms with Crippen LogP contribution in [-0.4, -0.2) is 13.0 Å². The molecular formula is C18H34BO. The molecule has 0 aromatic rings. The molecule has 0 bridgehead atoms. The van der Waals surface area contributed by atoms with E-state index in [1.165, 1.54) is 83.1 Å². The van der Waals surface area contributed by atoms with Crippen molar-refractivity contribution in [3.05, 3.63) is 12.7 Å². The molecule has 0 spiro atoms. The Balaban J connectivity index is 3.82. The van der Waals surface area contributed by atoms with Gasteiger partial charge in [-0.1, -0.05) is 103 Å². The number of hydrogen-bond donors (Lipinski definition) is 0. The fourth-order valence-corrected chi connectivity index (χ4v) is 2.63. The van der Waals surface area contributed by atoms with Crippen molar-refractivity contribution in [2.24, 2.45) is 0 Å². The Bertz CT molecular complexity index is 224. The summed E-state index contributed by atoms with van der Waals surface area (Å²) in [5.41, 5.74) is 0.108. The molecule has 0 atom stereocenters. The number of rotatable bonds is 15. The zero-order valence-corrected chi connectivity index (χ0v) is 13.8. The highest BCUT2D eigenvalue weighted by atomic mass is 16.1. The van der Waals surface area contributed by atoms with Gasteiger partial charge in [0.25, 0.3) is 0 Å². The molecule has 0 N–H and O–H groups in total. The summed E-state index contributed by atoms with van der Waals surface area (Å²) in [6.07, 6.45) is 16.9. The van der Waals surface area contributed by atoms with E-state index in [2.05, 4.69) is 20.4 Å². The molecular weight excluding hydrogens is 243 g/mol. The third-order valence-electron chi connectivity index (χ3n) is 3.96. The predicted octanol–water partition coefficient (Wildman–Crippen LogP) is 5.91. The van der Waals surface area contributed by atoms with Crippen LogP contribution >= 0.6 is 0 Å². The highest BCUT2D eigenvalue weighted by Crippen LogP contribution is 2.23. The second kappa shape index (κ2) is 14.9. The first-order chi connectivity index (χ1) is 9.74. The van der Waals surface area contributed by atoms with Crippen LogP contribution in [0.5, 0.6) is 0 Å². The molecule has 115 valence electrons. The van der Waals surface area contributed by atoms with Crippen molar-refractivity contribution in [2.45, 2.75) is 96.7 Å². The van der Waals surface area contributed by atoms with Crippen LogP contribution in [0.4, 0.5) is 0 Å². The molecule has 0 saturated heterocycles. The first-order valence-electron chi connectivity index (χ1n) is 8.75. The summed E-state index contributed by atoms with van der Waals surface area (Å²) in [6, 6.07) is 0. The maximum Gasteiger partial charge on any atom is 0.211 e. The molecule has 20 heavy (non-hydrogen) atoms. The Hall–Kier alpha value is -0.525. The standard InChI is InChI=1S/C18H34BO/c1-4-7-9-11-13-15-17(19-18(20)6-3)16-14-12-10-8-5-2/h6,17H,3-5,7-16H2,1-2H3. The molecule has 0 saturated carbocycles. The highest BCUT2D eigenvalue weighted by molar-refractivity contribution is 6.77. The monoisotopic (exact) mass is 277 g/mol. The van der Waals surface area contributed by atoms with Gasteiger partial charge in [-0.2, -0.15) is 0 Å². The van der Waals surface area contributed by atoms with Crippen LogP contribution in [-0.2, 0) is 4.79 Å². The van der Waals surface area contributed by atoms with Crippen LogP contribution in [0.15, 0.2) is 12.7 Å². The Morgan fingerprint density at radius 3 is 1.75 bits per heavy atom. The maximum absolute atomic E-state index is 11.5. The van der Waals surface area contributed by atoms with E-state index in [1.54, 1.807) is 0 Å². The minimum Gasteiger partial charge on any atom is -0.307 e. The van der Waals surface area contributed by atoms with E-state index < -0.39 is 0 Å². The Morgan fingerprint density at radius 1 is 0.900 bits per heavy atom. The van der Waals surface area contributed by atoms with Gasteiger partial charge in [0, 0.05) is 0 Å². The van der Waals surface area contributed by atoms with Gasteiger partial charge in [0.1, 0.15) is 5.68 Å². The van der Waals surface area contributed by atoms with Crippen molar-refractivity contribution in [1.82, 2.24) is 0 Å². The molecule has 0 amide bonds. The van der Waals surface area contributed by atoms with E-state index in [9.17, 15) is 4.79 Å². The average Bonchev–Trinajstić information content (AvgIpc) is 2.46. The molecule has 0 aliphatic carbocycles. The second-order valence-electron chi connectivity index (χ2n) is 5.94. The Labute approximate surface area is 127 Å². The minimum absolute atomic E-state index is 0.108. The smallest absolute Gasteiger partial charge is 0.211 e. The molecule has 0 rings (SSSR count). The van der Waals surface area contributed by atoms with E-state index in [0.29, 0.717) is 5.82 Å². The van der Waals surface area contributed by atoms with Crippen LogP contribution in [0.1, 0.15) is 90.9 Å². The fraction of sp³-hybridized carbons (Fsp3) is 0.833. The predicted molar refractivity (Wildman–Crippen MR) is 91.5 cm³/mol. The van der Waals surface area contributed by atoms with E-state index >= 15 is 0 Å². The van der Waals surface area contributed by atoms with Gasteiger partial charge < -0.3 is 4.79 Å². The summed E-state index contributed by atoms with van der Waals surface area (Å²) in [4.78, 5) is 11.5. The van der Waals surface area contributed by atoms with E-state index in [0.717, 1.165) is 0 Å². The van der Waals surface area contributed by atoms with Crippen LogP contribution in [0.2, 0.25) is 5.82 Å². The van der Waals surface area contributed by atoms with Crippen molar-refractivity contribution in [3.63, 3.8) is 0 Å². The van der Waals surface area contributed by atoms with Crippen LogP contribution in [0, 0.1) is 0 Å². The zero-order valence-electron chi connectivity index (χ0n) is 13.8. The van der Waals surface area contributed by atoms with E-state index in [1.807, 2.05) is 7.28 Å². The summed E-state index contributed by atoms with van der Waals surface area (Å²) >= 11 is 0. The zero-order chi connectivity index (χ0) is 15.1. The fourth-order valence-electron chi connectivity index (χ4n) is 2.63. The lowest BCUT2D eigenvalue weighted by Crippen LogP contribution is -2.13. The molecule has 0 fully saturated rings. The average molecular weight is 277 g/mol. The molecule has 1 radical (unpaired) electrons. The Morgan fingerprint density at radius 2 is 1.35 bits per heavy atom. The molecule has 1 nitrogen and oxygen atoms in total. The van der Waals surface area contributed by atoms with Gasteiger partial charge >= 0.3 is 0 Å². The van der Waals surface area contributed by atoms with Crippen molar-refractivity contribution in [1.29, 1.82) is 0 Å². The molecule has 0 heterocycles. The van der Waals surface area contributed by atoms with Gasteiger partial charge in [0.05, 0.1) is 0 Å². The highest BCUT2D eigenvalue weighted by Gasteiger charge is 2.13. The normalized spacial score (nSPS) is 10.8. The van der Waals surface area contributed by atoms with Crippen molar-refractivity contribution in [2.75, 3.05) is 0 Å². The van der Waals surface area contributed by atoms with Crippen LogP contribution < -0.4 is 0 Å². The molecule has 0 aromatic heterocycles. The van der Waals surface area contributed by atoms with Gasteiger partial charge in [-0.25, -0.2) is 0 Å². The first kappa shape index (κ1) is 19.5. The number of carbonyl (C=O) groups excluding carboxylic acids is 1. The summed E-state index contributed by atoms with van der Waals surface area (Å²) in [5, 5.41) is 0. The van der Waals surface area contributed by atoms with Gasteiger partial charge in [0.15, 0.2) is 0 Å². The van der Waals surface area contributed by atoms with Crippen LogP contribution in [0.25, 0.3) is 0 Å². The number of carbonyl (C=O) groups is 1. The Kier molecular flexibility index (Phi) is 14.5. The van der Waals surface area contributed by atoms with Crippen LogP contribution in [0.3, 0.4) is 0 Å². The van der Waals surface area contributed by atoms with Crippen molar-refractivity contribution in [3.8, 4) is 0 Å². The maximum atomic E-state index is 11.5. The summed E-state index contributed by atoms with van der Waals surface area (Å²) in [6.45, 7) is 8.07. The first-order valence-corrected chi connectivity index (χ1v) is 8.75. The third kappa shape index (κ3) is 12.5. The quantitative estimate of drug-likeness (QED) is 0.206.